The number of carbonyl (C=O) groups is 1. The number of nitriles is 1. The molecule has 25 heavy (non-hydrogen) atoms. The Balaban J connectivity index is 1.89. The van der Waals surface area contributed by atoms with E-state index in [4.69, 9.17) is 14.7 Å². The first-order valence-corrected chi connectivity index (χ1v) is 8.55. The summed E-state index contributed by atoms with van der Waals surface area (Å²) in [7, 11) is 1.54. The fourth-order valence-electron chi connectivity index (χ4n) is 3.01. The summed E-state index contributed by atoms with van der Waals surface area (Å²) >= 11 is 0. The molecule has 1 amide bonds. The van der Waals surface area contributed by atoms with Gasteiger partial charge in [0, 0.05) is 18.7 Å². The monoisotopic (exact) mass is 343 g/mol. The molecule has 1 saturated heterocycles. The van der Waals surface area contributed by atoms with E-state index in [1.165, 1.54) is 19.6 Å². The Labute approximate surface area is 149 Å². The molecule has 1 heterocycles. The summed E-state index contributed by atoms with van der Waals surface area (Å²) in [5.41, 5.74) is 0.826. The number of carbonyl (C=O) groups excluding carboxylic acids is 1. The zero-order valence-corrected chi connectivity index (χ0v) is 14.8. The highest BCUT2D eigenvalue weighted by atomic mass is 16.5. The van der Waals surface area contributed by atoms with Gasteiger partial charge in [0.1, 0.15) is 6.07 Å². The van der Waals surface area contributed by atoms with Crippen LogP contribution < -0.4 is 14.8 Å². The third-order valence-corrected chi connectivity index (χ3v) is 4.32. The molecule has 1 atom stereocenters. The highest BCUT2D eigenvalue weighted by Gasteiger charge is 2.22. The molecule has 0 bridgehead atoms. The number of amides is 1. The lowest BCUT2D eigenvalue weighted by atomic mass is 10.2. The molecule has 1 N–H and O–H groups in total. The average molecular weight is 343 g/mol. The Morgan fingerprint density at radius 2 is 2.32 bits per heavy atom. The maximum absolute atomic E-state index is 12.0. The lowest BCUT2D eigenvalue weighted by Crippen LogP contribution is -2.39. The van der Waals surface area contributed by atoms with Crippen LogP contribution in [0.15, 0.2) is 24.3 Å². The van der Waals surface area contributed by atoms with Gasteiger partial charge in [-0.15, -0.1) is 0 Å². The first kappa shape index (κ1) is 18.8. The summed E-state index contributed by atoms with van der Waals surface area (Å²) in [5, 5.41) is 11.5. The van der Waals surface area contributed by atoms with Crippen LogP contribution in [0.2, 0.25) is 0 Å². The van der Waals surface area contributed by atoms with Crippen LogP contribution in [0.4, 0.5) is 0 Å². The molecule has 2 rings (SSSR count). The zero-order chi connectivity index (χ0) is 18.1. The SMILES string of the molecule is CCN1CCC[C@H]1CNC(=O)/C=C/c1ccc(OCC#N)c(OC)c1. The van der Waals surface area contributed by atoms with E-state index in [2.05, 4.69) is 17.1 Å². The standard InChI is InChI=1S/C19H25N3O3/c1-3-22-11-4-5-16(22)14-21-19(23)9-7-15-6-8-17(25-12-10-20)18(13-15)24-2/h6-9,13,16H,3-5,11-12,14H2,1-2H3,(H,21,23)/b9-7+/t16-/m0/s1. The van der Waals surface area contributed by atoms with Crippen molar-refractivity contribution >= 4 is 12.0 Å². The van der Waals surface area contributed by atoms with E-state index in [9.17, 15) is 4.79 Å². The van der Waals surface area contributed by atoms with Gasteiger partial charge in [-0.1, -0.05) is 13.0 Å². The van der Waals surface area contributed by atoms with Gasteiger partial charge < -0.3 is 14.8 Å². The number of likely N-dealkylation sites (N-methyl/N-ethyl adjacent to an activating group) is 1. The van der Waals surface area contributed by atoms with Gasteiger partial charge in [0.25, 0.3) is 0 Å². The number of benzene rings is 1. The predicted molar refractivity (Wildman–Crippen MR) is 96.4 cm³/mol. The second-order valence-corrected chi connectivity index (χ2v) is 5.86. The van der Waals surface area contributed by atoms with Crippen LogP contribution in [0.3, 0.4) is 0 Å². The topological polar surface area (TPSA) is 74.6 Å². The van der Waals surface area contributed by atoms with E-state index < -0.39 is 0 Å². The van der Waals surface area contributed by atoms with Crippen molar-refractivity contribution in [1.29, 1.82) is 5.26 Å². The van der Waals surface area contributed by atoms with Crippen molar-refractivity contribution in [2.45, 2.75) is 25.8 Å². The van der Waals surface area contributed by atoms with E-state index in [0.717, 1.165) is 25.1 Å². The van der Waals surface area contributed by atoms with Crippen molar-refractivity contribution in [3.63, 3.8) is 0 Å². The molecule has 1 aromatic rings. The van der Waals surface area contributed by atoms with Gasteiger partial charge in [-0.3, -0.25) is 9.69 Å². The summed E-state index contributed by atoms with van der Waals surface area (Å²) in [6.45, 7) is 4.94. The average Bonchev–Trinajstić information content (AvgIpc) is 3.10. The van der Waals surface area contributed by atoms with E-state index in [-0.39, 0.29) is 12.5 Å². The van der Waals surface area contributed by atoms with Gasteiger partial charge in [0.15, 0.2) is 18.1 Å². The van der Waals surface area contributed by atoms with Crippen LogP contribution in [0.1, 0.15) is 25.3 Å². The van der Waals surface area contributed by atoms with Crippen LogP contribution in [0.25, 0.3) is 6.08 Å². The Morgan fingerprint density at radius 1 is 1.48 bits per heavy atom. The first-order chi connectivity index (χ1) is 12.2. The van der Waals surface area contributed by atoms with E-state index >= 15 is 0 Å². The van der Waals surface area contributed by atoms with Crippen LogP contribution in [-0.2, 0) is 4.79 Å². The van der Waals surface area contributed by atoms with Crippen LogP contribution >= 0.6 is 0 Å². The molecule has 1 aliphatic heterocycles. The third kappa shape index (κ3) is 5.50. The minimum absolute atomic E-state index is 0.0378. The first-order valence-electron chi connectivity index (χ1n) is 8.55. The third-order valence-electron chi connectivity index (χ3n) is 4.32. The highest BCUT2D eigenvalue weighted by molar-refractivity contribution is 5.91. The summed E-state index contributed by atoms with van der Waals surface area (Å²) in [5.74, 6) is 0.931. The molecule has 0 unspecified atom stereocenters. The molecule has 0 saturated carbocycles. The minimum Gasteiger partial charge on any atom is -0.493 e. The summed E-state index contributed by atoms with van der Waals surface area (Å²) in [4.78, 5) is 14.4. The van der Waals surface area contributed by atoms with Crippen molar-refractivity contribution in [2.75, 3.05) is 33.4 Å². The smallest absolute Gasteiger partial charge is 0.244 e. The number of hydrogen-bond acceptors (Lipinski definition) is 5. The predicted octanol–water partition coefficient (Wildman–Crippen LogP) is 2.21. The van der Waals surface area contributed by atoms with Gasteiger partial charge in [-0.05, 0) is 49.7 Å². The molecule has 1 aromatic carbocycles. The fraction of sp³-hybridized carbons (Fsp3) is 0.474. The second-order valence-electron chi connectivity index (χ2n) is 5.86. The Bertz CT molecular complexity index is 652. The molecule has 134 valence electrons. The Hall–Kier alpha value is -2.52. The summed E-state index contributed by atoms with van der Waals surface area (Å²) < 4.78 is 10.5. The molecule has 6 heteroatoms. The highest BCUT2D eigenvalue weighted by Crippen LogP contribution is 2.28. The van der Waals surface area contributed by atoms with E-state index in [1.54, 1.807) is 18.2 Å². The summed E-state index contributed by atoms with van der Waals surface area (Å²) in [6.07, 6.45) is 5.59. The van der Waals surface area contributed by atoms with Crippen LogP contribution in [0.5, 0.6) is 11.5 Å². The molecule has 0 aromatic heterocycles. The van der Waals surface area contributed by atoms with Gasteiger partial charge in [-0.25, -0.2) is 0 Å². The molecule has 0 radical (unpaired) electrons. The van der Waals surface area contributed by atoms with Gasteiger partial charge >= 0.3 is 0 Å². The lowest BCUT2D eigenvalue weighted by Gasteiger charge is -2.22. The maximum atomic E-state index is 12.0. The lowest BCUT2D eigenvalue weighted by molar-refractivity contribution is -0.116. The van der Waals surface area contributed by atoms with Crippen molar-refractivity contribution in [3.05, 3.63) is 29.8 Å². The summed E-state index contributed by atoms with van der Waals surface area (Å²) in [6, 6.07) is 7.67. The fourth-order valence-corrected chi connectivity index (χ4v) is 3.01. The number of rotatable bonds is 8. The normalized spacial score (nSPS) is 17.4. The number of nitrogens with zero attached hydrogens (tertiary/aromatic N) is 2. The van der Waals surface area contributed by atoms with Gasteiger partial charge in [0.05, 0.1) is 7.11 Å². The molecule has 1 fully saturated rings. The van der Waals surface area contributed by atoms with Crippen LogP contribution in [-0.4, -0.2) is 50.2 Å². The maximum Gasteiger partial charge on any atom is 0.244 e. The van der Waals surface area contributed by atoms with Crippen molar-refractivity contribution in [2.24, 2.45) is 0 Å². The zero-order valence-electron chi connectivity index (χ0n) is 14.8. The number of methoxy groups -OCH3 is 1. The molecule has 0 aliphatic carbocycles. The van der Waals surface area contributed by atoms with E-state index in [1.807, 2.05) is 12.1 Å². The molecular formula is C19H25N3O3. The number of hydrogen-bond donors (Lipinski definition) is 1. The van der Waals surface area contributed by atoms with Crippen LogP contribution in [0, 0.1) is 11.3 Å². The molecule has 1 aliphatic rings. The van der Waals surface area contributed by atoms with E-state index in [0.29, 0.717) is 24.1 Å². The minimum atomic E-state index is -0.105. The molecule has 0 spiro atoms. The van der Waals surface area contributed by atoms with Crippen molar-refractivity contribution in [3.8, 4) is 17.6 Å². The second kappa shape index (κ2) is 9.70. The Morgan fingerprint density at radius 3 is 3.04 bits per heavy atom. The molecular weight excluding hydrogens is 318 g/mol. The van der Waals surface area contributed by atoms with Crippen molar-refractivity contribution in [1.82, 2.24) is 10.2 Å². The number of ether oxygens (including phenoxy) is 2. The largest absolute Gasteiger partial charge is 0.493 e. The Kier molecular flexibility index (Phi) is 7.30. The van der Waals surface area contributed by atoms with Gasteiger partial charge in [-0.2, -0.15) is 5.26 Å². The quantitative estimate of drug-likeness (QED) is 0.733. The number of nitrogens with one attached hydrogen (secondary N) is 1. The van der Waals surface area contributed by atoms with Gasteiger partial charge in [0.2, 0.25) is 5.91 Å². The molecule has 6 nitrogen and oxygen atoms in total. The number of likely N-dealkylation sites (tertiary alicyclic amines) is 1. The van der Waals surface area contributed by atoms with Crippen molar-refractivity contribution < 1.29 is 14.3 Å².